The van der Waals surface area contributed by atoms with Crippen molar-refractivity contribution in [2.75, 3.05) is 10.7 Å². The third kappa shape index (κ3) is 3.00. The van der Waals surface area contributed by atoms with E-state index < -0.39 is 5.91 Å². The lowest BCUT2D eigenvalue weighted by Crippen LogP contribution is -2.16. The molecule has 20 heavy (non-hydrogen) atoms. The SMILES string of the molecule is N#Cc1ccc(NC(=O)c2cncc(NN)n2)cc1Cl. The van der Waals surface area contributed by atoms with E-state index in [1.165, 1.54) is 24.5 Å². The summed E-state index contributed by atoms with van der Waals surface area (Å²) in [5.74, 6) is 5.00. The van der Waals surface area contributed by atoms with Gasteiger partial charge in [-0.05, 0) is 18.2 Å². The molecule has 2 aromatic rings. The van der Waals surface area contributed by atoms with Crippen molar-refractivity contribution in [3.8, 4) is 6.07 Å². The Labute approximate surface area is 119 Å². The summed E-state index contributed by atoms with van der Waals surface area (Å²) in [4.78, 5) is 19.7. The van der Waals surface area contributed by atoms with Crippen LogP contribution in [0.3, 0.4) is 0 Å². The van der Waals surface area contributed by atoms with Gasteiger partial charge in [0.05, 0.1) is 23.0 Å². The van der Waals surface area contributed by atoms with Gasteiger partial charge >= 0.3 is 0 Å². The van der Waals surface area contributed by atoms with Gasteiger partial charge in [0.15, 0.2) is 5.82 Å². The third-order valence-corrected chi connectivity index (χ3v) is 2.68. The average molecular weight is 289 g/mol. The molecule has 100 valence electrons. The van der Waals surface area contributed by atoms with Crippen molar-refractivity contribution in [2.45, 2.75) is 0 Å². The molecule has 0 saturated heterocycles. The number of hydrogen-bond donors (Lipinski definition) is 3. The molecule has 0 saturated carbocycles. The second-order valence-corrected chi connectivity index (χ2v) is 4.10. The molecule has 1 aromatic carbocycles. The molecule has 0 spiro atoms. The second kappa shape index (κ2) is 5.97. The summed E-state index contributed by atoms with van der Waals surface area (Å²) < 4.78 is 0. The molecular weight excluding hydrogens is 280 g/mol. The number of nitrogens with zero attached hydrogens (tertiary/aromatic N) is 3. The molecule has 1 aromatic heterocycles. The number of nitriles is 1. The Morgan fingerprint density at radius 2 is 2.20 bits per heavy atom. The normalized spacial score (nSPS) is 9.65. The number of aromatic nitrogens is 2. The van der Waals surface area contributed by atoms with Gasteiger partial charge < -0.3 is 10.7 Å². The molecule has 2 rings (SSSR count). The molecule has 0 atom stereocenters. The van der Waals surface area contributed by atoms with E-state index >= 15 is 0 Å². The Kier molecular flexibility index (Phi) is 4.10. The predicted octanol–water partition coefficient (Wildman–Crippen LogP) is 1.54. The van der Waals surface area contributed by atoms with Crippen LogP contribution in [-0.4, -0.2) is 15.9 Å². The van der Waals surface area contributed by atoms with Crippen molar-refractivity contribution >= 4 is 29.0 Å². The maximum Gasteiger partial charge on any atom is 0.275 e. The number of hydrazine groups is 1. The number of amides is 1. The summed E-state index contributed by atoms with van der Waals surface area (Å²) in [7, 11) is 0. The van der Waals surface area contributed by atoms with E-state index in [1.807, 2.05) is 6.07 Å². The molecule has 7 nitrogen and oxygen atoms in total. The van der Waals surface area contributed by atoms with Crippen molar-refractivity contribution < 1.29 is 4.79 Å². The van der Waals surface area contributed by atoms with Gasteiger partial charge in [-0.2, -0.15) is 5.26 Å². The van der Waals surface area contributed by atoms with Gasteiger partial charge in [0.1, 0.15) is 11.8 Å². The highest BCUT2D eigenvalue weighted by Gasteiger charge is 2.10. The van der Waals surface area contributed by atoms with Crippen LogP contribution in [0.4, 0.5) is 11.5 Å². The third-order valence-electron chi connectivity index (χ3n) is 2.36. The number of rotatable bonds is 3. The zero-order valence-corrected chi connectivity index (χ0v) is 10.8. The lowest BCUT2D eigenvalue weighted by Gasteiger charge is -2.06. The van der Waals surface area contributed by atoms with Crippen molar-refractivity contribution in [2.24, 2.45) is 5.84 Å². The molecule has 0 radical (unpaired) electrons. The van der Waals surface area contributed by atoms with Crippen molar-refractivity contribution in [3.63, 3.8) is 0 Å². The molecule has 0 unspecified atom stereocenters. The minimum Gasteiger partial charge on any atom is -0.321 e. The van der Waals surface area contributed by atoms with Crippen LogP contribution in [0.15, 0.2) is 30.6 Å². The van der Waals surface area contributed by atoms with E-state index in [1.54, 1.807) is 6.07 Å². The van der Waals surface area contributed by atoms with Gasteiger partial charge in [0.2, 0.25) is 0 Å². The molecule has 0 aliphatic heterocycles. The number of benzene rings is 1. The number of carbonyl (C=O) groups is 1. The quantitative estimate of drug-likeness (QED) is 0.582. The van der Waals surface area contributed by atoms with Gasteiger partial charge in [-0.3, -0.25) is 9.78 Å². The highest BCUT2D eigenvalue weighted by molar-refractivity contribution is 6.32. The van der Waals surface area contributed by atoms with E-state index in [2.05, 4.69) is 20.7 Å². The van der Waals surface area contributed by atoms with Crippen LogP contribution in [0.25, 0.3) is 0 Å². The Hall–Kier alpha value is -2.69. The van der Waals surface area contributed by atoms with Crippen LogP contribution in [0.1, 0.15) is 16.1 Å². The lowest BCUT2D eigenvalue weighted by molar-refractivity contribution is 0.102. The zero-order valence-electron chi connectivity index (χ0n) is 10.1. The number of hydrogen-bond acceptors (Lipinski definition) is 6. The van der Waals surface area contributed by atoms with E-state index in [0.29, 0.717) is 11.3 Å². The Morgan fingerprint density at radius 3 is 2.85 bits per heavy atom. The van der Waals surface area contributed by atoms with E-state index in [-0.39, 0.29) is 16.5 Å². The second-order valence-electron chi connectivity index (χ2n) is 3.69. The molecule has 1 amide bonds. The smallest absolute Gasteiger partial charge is 0.275 e. The first-order valence-corrected chi connectivity index (χ1v) is 5.81. The van der Waals surface area contributed by atoms with E-state index in [4.69, 9.17) is 22.7 Å². The number of halogens is 1. The highest BCUT2D eigenvalue weighted by atomic mass is 35.5. The minimum absolute atomic E-state index is 0.0981. The van der Waals surface area contributed by atoms with Crippen LogP contribution >= 0.6 is 11.6 Å². The summed E-state index contributed by atoms with van der Waals surface area (Å²) in [6.45, 7) is 0. The fraction of sp³-hybridized carbons (Fsp3) is 0. The fourth-order valence-electron chi connectivity index (χ4n) is 1.42. The van der Waals surface area contributed by atoms with Gasteiger partial charge in [-0.25, -0.2) is 10.8 Å². The number of nitrogen functional groups attached to an aromatic ring is 1. The molecule has 0 aliphatic rings. The van der Waals surface area contributed by atoms with Crippen LogP contribution in [0, 0.1) is 11.3 Å². The summed E-state index contributed by atoms with van der Waals surface area (Å²) in [6, 6.07) is 6.50. The molecular formula is C12H9ClN6O. The first-order chi connectivity index (χ1) is 9.63. The summed E-state index contributed by atoms with van der Waals surface area (Å²) >= 11 is 5.88. The number of carbonyl (C=O) groups excluding carboxylic acids is 1. The number of nitrogens with one attached hydrogen (secondary N) is 2. The lowest BCUT2D eigenvalue weighted by atomic mass is 10.2. The fourth-order valence-corrected chi connectivity index (χ4v) is 1.65. The van der Waals surface area contributed by atoms with Crippen LogP contribution in [-0.2, 0) is 0 Å². The average Bonchev–Trinajstić information content (AvgIpc) is 2.47. The summed E-state index contributed by atoms with van der Waals surface area (Å²) in [5, 5.41) is 11.6. The monoisotopic (exact) mass is 288 g/mol. The van der Waals surface area contributed by atoms with Gasteiger partial charge in [-0.15, -0.1) is 0 Å². The molecule has 8 heteroatoms. The number of anilines is 2. The highest BCUT2D eigenvalue weighted by Crippen LogP contribution is 2.20. The molecule has 0 aliphatic carbocycles. The first kappa shape index (κ1) is 13.7. The molecule has 4 N–H and O–H groups in total. The predicted molar refractivity (Wildman–Crippen MR) is 74.0 cm³/mol. The van der Waals surface area contributed by atoms with Crippen molar-refractivity contribution in [1.82, 2.24) is 9.97 Å². The maximum absolute atomic E-state index is 12.0. The van der Waals surface area contributed by atoms with Crippen LogP contribution < -0.4 is 16.6 Å². The minimum atomic E-state index is -0.463. The Morgan fingerprint density at radius 1 is 1.40 bits per heavy atom. The summed E-state index contributed by atoms with van der Waals surface area (Å²) in [6.07, 6.45) is 2.69. The van der Waals surface area contributed by atoms with Crippen molar-refractivity contribution in [1.29, 1.82) is 5.26 Å². The van der Waals surface area contributed by atoms with Gasteiger partial charge in [0.25, 0.3) is 5.91 Å². The number of nitrogens with two attached hydrogens (primary N) is 1. The van der Waals surface area contributed by atoms with Gasteiger partial charge in [0, 0.05) is 5.69 Å². The maximum atomic E-state index is 12.0. The standard InChI is InChI=1S/C12H9ClN6O/c13-9-3-8(2-1-7(9)4-14)17-12(20)10-5-16-6-11(18-10)19-15/h1-3,5-6H,15H2,(H,17,20)(H,18,19). The zero-order chi connectivity index (χ0) is 14.5. The first-order valence-electron chi connectivity index (χ1n) is 5.43. The Balaban J connectivity index is 2.19. The Bertz CT molecular complexity index is 697. The molecule has 0 fully saturated rings. The van der Waals surface area contributed by atoms with E-state index in [9.17, 15) is 4.79 Å². The van der Waals surface area contributed by atoms with Crippen LogP contribution in [0.2, 0.25) is 5.02 Å². The van der Waals surface area contributed by atoms with Gasteiger partial charge in [-0.1, -0.05) is 11.6 Å². The molecule has 1 heterocycles. The summed E-state index contributed by atoms with van der Waals surface area (Å²) in [5.41, 5.74) is 3.18. The largest absolute Gasteiger partial charge is 0.321 e. The van der Waals surface area contributed by atoms with E-state index in [0.717, 1.165) is 0 Å². The molecule has 0 bridgehead atoms. The van der Waals surface area contributed by atoms with Crippen LogP contribution in [0.5, 0.6) is 0 Å². The topological polar surface area (TPSA) is 117 Å². The van der Waals surface area contributed by atoms with Crippen molar-refractivity contribution in [3.05, 3.63) is 46.9 Å².